The van der Waals surface area contributed by atoms with E-state index in [1.54, 1.807) is 18.2 Å². The number of fused-ring (bicyclic) bond motifs is 1. The lowest BCUT2D eigenvalue weighted by Crippen LogP contribution is -2.13. The van der Waals surface area contributed by atoms with Crippen LogP contribution in [0.15, 0.2) is 41.4 Å². The lowest BCUT2D eigenvalue weighted by Gasteiger charge is -2.01. The van der Waals surface area contributed by atoms with Crippen molar-refractivity contribution in [1.29, 1.82) is 0 Å². The van der Waals surface area contributed by atoms with E-state index in [0.717, 1.165) is 16.8 Å². The number of halogens is 2. The molecule has 100 valence electrons. The number of nitrogens with zero attached hydrogens (tertiary/aromatic N) is 1. The topological polar surface area (TPSA) is 41.5 Å². The van der Waals surface area contributed by atoms with Gasteiger partial charge in [-0.2, -0.15) is 0 Å². The summed E-state index contributed by atoms with van der Waals surface area (Å²) in [7, 11) is 0. The monoisotopic (exact) mass is 304 g/mol. The largest absolute Gasteiger partial charge is 0.320 e. The smallest absolute Gasteiger partial charge is 0.275 e. The maximum absolute atomic E-state index is 12.0. The first-order valence-electron chi connectivity index (χ1n) is 6.00. The van der Waals surface area contributed by atoms with Gasteiger partial charge in [-0.25, -0.2) is 4.99 Å². The van der Waals surface area contributed by atoms with Crippen molar-refractivity contribution in [1.82, 2.24) is 0 Å². The number of hydrogen-bond donors (Lipinski definition) is 1. The third-order valence-corrected chi connectivity index (χ3v) is 3.42. The van der Waals surface area contributed by atoms with Crippen molar-refractivity contribution in [2.24, 2.45) is 4.99 Å². The molecule has 2 aromatic rings. The fourth-order valence-corrected chi connectivity index (χ4v) is 2.63. The predicted molar refractivity (Wildman–Crippen MR) is 82.5 cm³/mol. The zero-order valence-electron chi connectivity index (χ0n) is 10.6. The Morgan fingerprint density at radius 1 is 1.05 bits per heavy atom. The number of anilines is 1. The van der Waals surface area contributed by atoms with E-state index < -0.39 is 0 Å². The highest BCUT2D eigenvalue weighted by Gasteiger charge is 2.25. The van der Waals surface area contributed by atoms with Crippen LogP contribution in [0.25, 0.3) is 0 Å². The number of aryl methyl sites for hydroxylation is 1. The molecular formula is C15H10Cl2N2O. The van der Waals surface area contributed by atoms with Gasteiger partial charge in [0.1, 0.15) is 5.71 Å². The second-order valence-corrected chi connectivity index (χ2v) is 5.46. The molecule has 0 bridgehead atoms. The zero-order valence-corrected chi connectivity index (χ0v) is 12.1. The van der Waals surface area contributed by atoms with Crippen LogP contribution in [0.5, 0.6) is 0 Å². The first-order chi connectivity index (χ1) is 9.52. The lowest BCUT2D eigenvalue weighted by molar-refractivity contribution is -0.110. The highest BCUT2D eigenvalue weighted by Crippen LogP contribution is 2.29. The van der Waals surface area contributed by atoms with Gasteiger partial charge in [0.2, 0.25) is 0 Å². The van der Waals surface area contributed by atoms with Crippen LogP contribution in [-0.4, -0.2) is 11.6 Å². The summed E-state index contributed by atoms with van der Waals surface area (Å²) in [4.78, 5) is 16.4. The van der Waals surface area contributed by atoms with Gasteiger partial charge in [0, 0.05) is 15.6 Å². The van der Waals surface area contributed by atoms with Gasteiger partial charge < -0.3 is 5.32 Å². The van der Waals surface area contributed by atoms with Crippen LogP contribution in [-0.2, 0) is 4.79 Å². The fraction of sp³-hybridized carbons (Fsp3) is 0.0667. The van der Waals surface area contributed by atoms with Crippen molar-refractivity contribution in [2.75, 3.05) is 5.32 Å². The van der Waals surface area contributed by atoms with Crippen molar-refractivity contribution in [2.45, 2.75) is 6.92 Å². The average Bonchev–Trinajstić information content (AvgIpc) is 2.65. The first kappa shape index (κ1) is 13.2. The number of carbonyl (C=O) groups is 1. The first-order valence-corrected chi connectivity index (χ1v) is 6.76. The second kappa shape index (κ2) is 4.93. The van der Waals surface area contributed by atoms with E-state index in [4.69, 9.17) is 23.2 Å². The number of benzene rings is 2. The standard InChI is InChI=1S/C15H10Cl2N2O/c1-8-2-3-13-12(4-8)14(15(20)19-13)18-11-6-9(16)5-10(17)7-11/h2-7H,1H3,(H,18,19,20). The van der Waals surface area contributed by atoms with Crippen LogP contribution < -0.4 is 5.32 Å². The minimum absolute atomic E-state index is 0.221. The molecule has 0 unspecified atom stereocenters. The van der Waals surface area contributed by atoms with Gasteiger partial charge in [0.05, 0.1) is 11.4 Å². The second-order valence-electron chi connectivity index (χ2n) is 4.59. The van der Waals surface area contributed by atoms with E-state index in [1.165, 1.54) is 0 Å². The van der Waals surface area contributed by atoms with Crippen molar-refractivity contribution in [3.8, 4) is 0 Å². The summed E-state index contributed by atoms with van der Waals surface area (Å²) < 4.78 is 0. The number of carbonyl (C=O) groups excluding carboxylic acids is 1. The normalized spacial score (nSPS) is 15.3. The summed E-state index contributed by atoms with van der Waals surface area (Å²) in [6.07, 6.45) is 0. The van der Waals surface area contributed by atoms with Crippen molar-refractivity contribution in [3.05, 3.63) is 57.6 Å². The quantitative estimate of drug-likeness (QED) is 0.835. The van der Waals surface area contributed by atoms with Gasteiger partial charge in [0.25, 0.3) is 5.91 Å². The van der Waals surface area contributed by atoms with Gasteiger partial charge in [-0.1, -0.05) is 34.8 Å². The summed E-state index contributed by atoms with van der Waals surface area (Å²) in [6, 6.07) is 10.7. The Labute approximate surface area is 126 Å². The number of aliphatic imine (C=N–C) groups is 1. The summed E-state index contributed by atoms with van der Waals surface area (Å²) >= 11 is 11.9. The summed E-state index contributed by atoms with van der Waals surface area (Å²) in [5.41, 5.74) is 3.57. The molecular weight excluding hydrogens is 295 g/mol. The molecule has 20 heavy (non-hydrogen) atoms. The molecule has 1 amide bonds. The predicted octanol–water partition coefficient (Wildman–Crippen LogP) is 4.37. The molecule has 0 atom stereocenters. The molecule has 0 saturated heterocycles. The molecule has 0 aliphatic carbocycles. The van der Waals surface area contributed by atoms with Crippen LogP contribution in [0.4, 0.5) is 11.4 Å². The van der Waals surface area contributed by atoms with E-state index in [-0.39, 0.29) is 5.91 Å². The maximum Gasteiger partial charge on any atom is 0.275 e. The SMILES string of the molecule is Cc1ccc2c(c1)C(=Nc1cc(Cl)cc(Cl)c1)C(=O)N2. The van der Waals surface area contributed by atoms with E-state index in [1.807, 2.05) is 25.1 Å². The molecule has 0 spiro atoms. The summed E-state index contributed by atoms with van der Waals surface area (Å²) in [6.45, 7) is 1.97. The van der Waals surface area contributed by atoms with Gasteiger partial charge in [-0.3, -0.25) is 4.79 Å². The third kappa shape index (κ3) is 2.42. The number of nitrogens with one attached hydrogen (secondary N) is 1. The minimum Gasteiger partial charge on any atom is -0.320 e. The van der Waals surface area contributed by atoms with Crippen molar-refractivity contribution in [3.63, 3.8) is 0 Å². The van der Waals surface area contributed by atoms with Gasteiger partial charge in [-0.15, -0.1) is 0 Å². The Morgan fingerprint density at radius 3 is 2.45 bits per heavy atom. The van der Waals surface area contributed by atoms with Crippen molar-refractivity contribution >= 4 is 46.2 Å². The molecule has 0 fully saturated rings. The highest BCUT2D eigenvalue weighted by molar-refractivity contribution is 6.54. The molecule has 3 rings (SSSR count). The third-order valence-electron chi connectivity index (χ3n) is 2.98. The van der Waals surface area contributed by atoms with Gasteiger partial charge in [0.15, 0.2) is 0 Å². The average molecular weight is 305 g/mol. The molecule has 0 saturated carbocycles. The van der Waals surface area contributed by atoms with E-state index >= 15 is 0 Å². The van der Waals surface area contributed by atoms with E-state index in [9.17, 15) is 4.79 Å². The number of rotatable bonds is 1. The Kier molecular flexibility index (Phi) is 3.24. The number of amides is 1. The van der Waals surface area contributed by atoms with Crippen LogP contribution >= 0.6 is 23.2 Å². The fourth-order valence-electron chi connectivity index (χ4n) is 2.11. The molecule has 5 heteroatoms. The molecule has 1 heterocycles. The Balaban J connectivity index is 2.12. The minimum atomic E-state index is -0.221. The highest BCUT2D eigenvalue weighted by atomic mass is 35.5. The van der Waals surface area contributed by atoms with Gasteiger partial charge in [-0.05, 0) is 37.3 Å². The van der Waals surface area contributed by atoms with Crippen LogP contribution in [0, 0.1) is 6.92 Å². The van der Waals surface area contributed by atoms with E-state index in [0.29, 0.717) is 21.4 Å². The van der Waals surface area contributed by atoms with Crippen LogP contribution in [0.1, 0.15) is 11.1 Å². The molecule has 1 N–H and O–H groups in total. The molecule has 1 aliphatic heterocycles. The number of hydrogen-bond acceptors (Lipinski definition) is 2. The summed E-state index contributed by atoms with van der Waals surface area (Å²) in [5.74, 6) is -0.221. The molecule has 1 aliphatic rings. The molecule has 3 nitrogen and oxygen atoms in total. The Morgan fingerprint density at radius 2 is 1.75 bits per heavy atom. The van der Waals surface area contributed by atoms with Crippen molar-refractivity contribution < 1.29 is 4.79 Å². The van der Waals surface area contributed by atoms with Crippen LogP contribution in [0.2, 0.25) is 10.0 Å². The molecule has 0 radical (unpaired) electrons. The maximum atomic E-state index is 12.0. The zero-order chi connectivity index (χ0) is 14.3. The Hall–Kier alpha value is -1.84. The van der Waals surface area contributed by atoms with Crippen LogP contribution in [0.3, 0.4) is 0 Å². The Bertz CT molecular complexity index is 733. The summed E-state index contributed by atoms with van der Waals surface area (Å²) in [5, 5.41) is 3.76. The lowest BCUT2D eigenvalue weighted by atomic mass is 10.1. The van der Waals surface area contributed by atoms with E-state index in [2.05, 4.69) is 10.3 Å². The molecule has 2 aromatic carbocycles. The molecule has 0 aromatic heterocycles. The van der Waals surface area contributed by atoms with Gasteiger partial charge >= 0.3 is 0 Å².